The Morgan fingerprint density at radius 3 is 2.09 bits per heavy atom. The molecule has 46 heavy (non-hydrogen) atoms. The van der Waals surface area contributed by atoms with E-state index in [1.54, 1.807) is 41.3 Å². The van der Waals surface area contributed by atoms with Crippen molar-refractivity contribution in [3.63, 3.8) is 0 Å². The molecular formula is C26H24ClF6N5O7S. The molecule has 3 aromatic carbocycles. The average Bonchev–Trinajstić information content (AvgIpc) is 3.28. The molecule has 8 N–H and O–H groups in total. The molecule has 250 valence electrons. The van der Waals surface area contributed by atoms with E-state index in [9.17, 15) is 39.6 Å². The number of nitrogen functional groups attached to an aromatic ring is 2. The van der Waals surface area contributed by atoms with Crippen LogP contribution in [0.5, 0.6) is 0 Å². The van der Waals surface area contributed by atoms with Gasteiger partial charge >= 0.3 is 24.3 Å². The normalized spacial score (nSPS) is 15.0. The van der Waals surface area contributed by atoms with Gasteiger partial charge in [0.25, 0.3) is 0 Å². The van der Waals surface area contributed by atoms with E-state index in [2.05, 4.69) is 4.72 Å². The van der Waals surface area contributed by atoms with Gasteiger partial charge in [-0.05, 0) is 41.6 Å². The van der Waals surface area contributed by atoms with Crippen LogP contribution in [0.3, 0.4) is 0 Å². The maximum atomic E-state index is 12.9. The fourth-order valence-corrected chi connectivity index (χ4v) is 5.27. The number of carboxylic acids is 2. The summed E-state index contributed by atoms with van der Waals surface area (Å²) in [5.41, 5.74) is 13.1. The number of carboxylic acid groups (broad SMARTS) is 2. The van der Waals surface area contributed by atoms with Crippen LogP contribution in [-0.2, 0) is 31.0 Å². The molecule has 12 nitrogen and oxygen atoms in total. The summed E-state index contributed by atoms with van der Waals surface area (Å²) in [5.74, 6) is -5.86. The fourth-order valence-electron chi connectivity index (χ4n) is 3.77. The third kappa shape index (κ3) is 10.2. The second-order valence-electron chi connectivity index (χ2n) is 9.29. The van der Waals surface area contributed by atoms with Crippen molar-refractivity contribution < 1.29 is 59.4 Å². The van der Waals surface area contributed by atoms with Gasteiger partial charge in [-0.2, -0.15) is 31.1 Å². The van der Waals surface area contributed by atoms with Gasteiger partial charge in [-0.3, -0.25) is 10.2 Å². The highest BCUT2D eigenvalue weighted by Gasteiger charge is 2.39. The number of nitrogens with two attached hydrogens (primary N) is 2. The monoisotopic (exact) mass is 699 g/mol. The lowest BCUT2D eigenvalue weighted by atomic mass is 10.1. The number of carbonyl (C=O) groups is 3. The molecule has 1 aliphatic rings. The molecule has 0 aliphatic carbocycles. The molecule has 1 fully saturated rings. The van der Waals surface area contributed by atoms with Crippen molar-refractivity contribution in [3.8, 4) is 0 Å². The number of fused-ring (bicyclic) bond motifs is 1. The zero-order valence-corrected chi connectivity index (χ0v) is 24.6. The van der Waals surface area contributed by atoms with E-state index in [0.717, 1.165) is 5.56 Å². The number of alkyl halides is 6. The highest BCUT2D eigenvalue weighted by atomic mass is 35.5. The molecule has 3 aromatic rings. The number of carbonyl (C=O) groups excluding carboxylic acids is 1. The van der Waals surface area contributed by atoms with Crippen molar-refractivity contribution in [2.24, 2.45) is 5.73 Å². The molecule has 20 heteroatoms. The zero-order valence-electron chi connectivity index (χ0n) is 23.0. The average molecular weight is 700 g/mol. The first-order valence-corrected chi connectivity index (χ1v) is 14.2. The van der Waals surface area contributed by atoms with E-state index in [1.165, 1.54) is 12.1 Å². The Balaban J connectivity index is 0.000000440. The lowest BCUT2D eigenvalue weighted by Crippen LogP contribution is -2.41. The van der Waals surface area contributed by atoms with Crippen LogP contribution in [-0.4, -0.2) is 72.2 Å². The standard InChI is InChI=1S/C22H22ClN5O3S.2C2HF3O2/c23-20-17-6-5-16(11-14(17)4-7-18(20)24)32(30,31)27-19-8-9-28(22(19)29)12-13-2-1-3-15(10-13)21(25)26;2*3-2(4,5)1(6)7/h1-7,10-11,19,27H,8-9,12,24H2,(H3,25,26);2*(H,6,7)/t19-;;/m0../s1. The number of sulfonamides is 1. The summed E-state index contributed by atoms with van der Waals surface area (Å²) < 4.78 is 91.9. The maximum Gasteiger partial charge on any atom is 0.490 e. The summed E-state index contributed by atoms with van der Waals surface area (Å²) in [7, 11) is -3.92. The number of amides is 1. The molecule has 0 unspecified atom stereocenters. The smallest absolute Gasteiger partial charge is 0.475 e. The molecule has 0 radical (unpaired) electrons. The van der Waals surface area contributed by atoms with Crippen molar-refractivity contribution >= 4 is 61.8 Å². The van der Waals surface area contributed by atoms with E-state index in [4.69, 9.17) is 48.3 Å². The van der Waals surface area contributed by atoms with Crippen molar-refractivity contribution in [3.05, 3.63) is 70.7 Å². The Bertz CT molecular complexity index is 1730. The van der Waals surface area contributed by atoms with Gasteiger partial charge < -0.3 is 26.6 Å². The fraction of sp³-hybridized carbons (Fsp3) is 0.231. The van der Waals surface area contributed by atoms with Crippen LogP contribution in [0.25, 0.3) is 10.8 Å². The number of amidine groups is 1. The van der Waals surface area contributed by atoms with Crippen LogP contribution < -0.4 is 16.2 Å². The minimum Gasteiger partial charge on any atom is -0.475 e. The lowest BCUT2D eigenvalue weighted by molar-refractivity contribution is -0.193. The van der Waals surface area contributed by atoms with Gasteiger partial charge in [0, 0.05) is 24.0 Å². The molecular weight excluding hydrogens is 676 g/mol. The Morgan fingerprint density at radius 2 is 1.57 bits per heavy atom. The largest absolute Gasteiger partial charge is 0.490 e. The van der Waals surface area contributed by atoms with Crippen LogP contribution in [0.2, 0.25) is 5.02 Å². The van der Waals surface area contributed by atoms with Gasteiger partial charge in [0.05, 0.1) is 15.6 Å². The second-order valence-corrected chi connectivity index (χ2v) is 11.4. The molecule has 0 bridgehead atoms. The van der Waals surface area contributed by atoms with E-state index in [1.807, 2.05) is 6.07 Å². The van der Waals surface area contributed by atoms with Crippen molar-refractivity contribution in [2.45, 2.75) is 36.3 Å². The summed E-state index contributed by atoms with van der Waals surface area (Å²) >= 11 is 6.20. The van der Waals surface area contributed by atoms with Gasteiger partial charge in [-0.1, -0.05) is 41.9 Å². The SMILES string of the molecule is N=C(N)c1cccc(CN2CC[C@H](NS(=O)(=O)c3ccc4c(Cl)c(N)ccc4c3)C2=O)c1.O=C(O)C(F)(F)F.O=C(O)C(F)(F)F. The third-order valence-electron chi connectivity index (χ3n) is 5.96. The highest BCUT2D eigenvalue weighted by molar-refractivity contribution is 7.89. The number of nitrogens with zero attached hydrogens (tertiary/aromatic N) is 1. The Kier molecular flexibility index (Phi) is 12.0. The van der Waals surface area contributed by atoms with Crippen molar-refractivity contribution in [1.29, 1.82) is 5.41 Å². The predicted molar refractivity (Wildman–Crippen MR) is 152 cm³/mol. The molecule has 0 aromatic heterocycles. The highest BCUT2D eigenvalue weighted by Crippen LogP contribution is 2.31. The van der Waals surface area contributed by atoms with Crippen molar-refractivity contribution in [2.75, 3.05) is 12.3 Å². The minimum atomic E-state index is -5.08. The van der Waals surface area contributed by atoms with Crippen LogP contribution in [0.1, 0.15) is 17.5 Å². The van der Waals surface area contributed by atoms with E-state index in [0.29, 0.717) is 46.6 Å². The van der Waals surface area contributed by atoms with Gasteiger partial charge in [0.15, 0.2) is 0 Å². The molecule has 0 spiro atoms. The number of hydrogen-bond donors (Lipinski definition) is 6. The zero-order chi connectivity index (χ0) is 35.2. The van der Waals surface area contributed by atoms with E-state index < -0.39 is 40.4 Å². The summed E-state index contributed by atoms with van der Waals surface area (Å²) in [5, 5.41) is 23.5. The molecule has 1 atom stereocenters. The molecule has 1 aliphatic heterocycles. The summed E-state index contributed by atoms with van der Waals surface area (Å²) in [6.45, 7) is 0.733. The molecule has 1 saturated heterocycles. The minimum absolute atomic E-state index is 0.0475. The molecule has 0 saturated carbocycles. The first-order chi connectivity index (χ1) is 21.0. The van der Waals surface area contributed by atoms with Crippen LogP contribution in [0.15, 0.2) is 59.5 Å². The first-order valence-electron chi connectivity index (χ1n) is 12.4. The number of rotatable bonds is 6. The third-order valence-corrected chi connectivity index (χ3v) is 7.85. The van der Waals surface area contributed by atoms with Gasteiger partial charge in [0.1, 0.15) is 11.9 Å². The Hall–Kier alpha value is -4.62. The van der Waals surface area contributed by atoms with Crippen LogP contribution in [0, 0.1) is 5.41 Å². The van der Waals surface area contributed by atoms with Crippen molar-refractivity contribution in [1.82, 2.24) is 9.62 Å². The van der Waals surface area contributed by atoms with Crippen LogP contribution >= 0.6 is 11.6 Å². The number of aliphatic carboxylic acids is 2. The Labute approximate surface area is 261 Å². The Morgan fingerprint density at radius 1 is 1.00 bits per heavy atom. The number of likely N-dealkylation sites (tertiary alicyclic amines) is 1. The van der Waals surface area contributed by atoms with Gasteiger partial charge in [-0.15, -0.1) is 0 Å². The summed E-state index contributed by atoms with van der Waals surface area (Å²) in [4.78, 5) is 32.3. The maximum absolute atomic E-state index is 12.9. The quantitative estimate of drug-likeness (QED) is 0.0955. The van der Waals surface area contributed by atoms with E-state index in [-0.39, 0.29) is 16.6 Å². The lowest BCUT2D eigenvalue weighted by Gasteiger charge is -2.18. The molecule has 1 amide bonds. The first kappa shape index (κ1) is 37.6. The number of nitrogens with one attached hydrogen (secondary N) is 2. The topological polar surface area (TPSA) is 217 Å². The second kappa shape index (κ2) is 14.6. The van der Waals surface area contributed by atoms with E-state index >= 15 is 0 Å². The summed E-state index contributed by atoms with van der Waals surface area (Å²) in [6.07, 6.45) is -9.81. The number of halogens is 7. The number of benzene rings is 3. The van der Waals surface area contributed by atoms with Gasteiger partial charge in [0.2, 0.25) is 15.9 Å². The molecule has 1 heterocycles. The summed E-state index contributed by atoms with van der Waals surface area (Å²) in [6, 6.07) is 14.1. The predicted octanol–water partition coefficient (Wildman–Crippen LogP) is 3.71. The van der Waals surface area contributed by atoms with Gasteiger partial charge in [-0.25, -0.2) is 18.0 Å². The number of anilines is 1. The van der Waals surface area contributed by atoms with Crippen LogP contribution in [0.4, 0.5) is 32.0 Å². The number of hydrogen-bond acceptors (Lipinski definition) is 7. The molecule has 4 rings (SSSR count).